The Morgan fingerprint density at radius 2 is 1.36 bits per heavy atom. The Bertz CT molecular complexity index is 1150. The first-order valence-electron chi connectivity index (χ1n) is 12.8. The third kappa shape index (κ3) is 5.48. The third-order valence-corrected chi connectivity index (χ3v) is 7.24. The Balaban J connectivity index is 1.12. The zero-order valence-corrected chi connectivity index (χ0v) is 20.5. The molecule has 1 aliphatic heterocycles. The fourth-order valence-corrected chi connectivity index (χ4v) is 5.27. The van der Waals surface area contributed by atoms with Crippen LogP contribution in [0.1, 0.15) is 30.4 Å². The molecule has 36 heavy (non-hydrogen) atoms. The zero-order chi connectivity index (χ0) is 24.6. The van der Waals surface area contributed by atoms with Crippen LogP contribution in [0.5, 0.6) is 5.75 Å². The Morgan fingerprint density at radius 3 is 1.94 bits per heavy atom. The van der Waals surface area contributed by atoms with Crippen molar-refractivity contribution in [3.63, 3.8) is 0 Å². The molecule has 0 atom stereocenters. The number of rotatable bonds is 9. The second kappa shape index (κ2) is 11.5. The van der Waals surface area contributed by atoms with Gasteiger partial charge in [-0.25, -0.2) is 9.97 Å². The van der Waals surface area contributed by atoms with E-state index in [1.54, 1.807) is 0 Å². The zero-order valence-electron chi connectivity index (χ0n) is 20.5. The van der Waals surface area contributed by atoms with Crippen molar-refractivity contribution in [3.05, 3.63) is 115 Å². The van der Waals surface area contributed by atoms with E-state index in [-0.39, 0.29) is 5.92 Å². The van der Waals surface area contributed by atoms with Gasteiger partial charge in [0.1, 0.15) is 17.7 Å². The van der Waals surface area contributed by atoms with Crippen LogP contribution in [0.4, 0.5) is 0 Å². The fraction of sp³-hybridized carbons (Fsp3) is 0.290. The molecule has 1 aliphatic rings. The number of benzene rings is 3. The quantitative estimate of drug-likeness (QED) is 0.319. The van der Waals surface area contributed by atoms with E-state index in [0.29, 0.717) is 6.61 Å². The predicted octanol–water partition coefficient (Wildman–Crippen LogP) is 5.56. The normalized spacial score (nSPS) is 15.0. The number of aromatic nitrogens is 2. The molecule has 3 aromatic carbocycles. The smallest absolute Gasteiger partial charge is 0.119 e. The first-order valence-corrected chi connectivity index (χ1v) is 12.8. The molecule has 0 unspecified atom stereocenters. The Morgan fingerprint density at radius 1 is 0.778 bits per heavy atom. The highest BCUT2D eigenvalue weighted by Crippen LogP contribution is 2.41. The Hall–Kier alpha value is -3.54. The van der Waals surface area contributed by atoms with Crippen molar-refractivity contribution < 1.29 is 9.84 Å². The van der Waals surface area contributed by atoms with Crippen molar-refractivity contribution in [1.82, 2.24) is 14.9 Å². The monoisotopic (exact) mass is 479 g/mol. The van der Waals surface area contributed by atoms with Gasteiger partial charge in [0.2, 0.25) is 0 Å². The number of hydrogen-bond acceptors (Lipinski definition) is 5. The van der Waals surface area contributed by atoms with E-state index < -0.39 is 5.60 Å². The number of likely N-dealkylation sites (tertiary alicyclic amines) is 1. The van der Waals surface area contributed by atoms with Gasteiger partial charge in [-0.2, -0.15) is 0 Å². The summed E-state index contributed by atoms with van der Waals surface area (Å²) in [5.41, 5.74) is 3.08. The van der Waals surface area contributed by atoms with Crippen molar-refractivity contribution in [2.45, 2.75) is 24.9 Å². The number of ether oxygens (including phenoxy) is 1. The number of piperidine rings is 1. The second-order valence-electron chi connectivity index (χ2n) is 9.47. The maximum atomic E-state index is 12.1. The molecule has 0 aliphatic carbocycles. The SMILES string of the molecule is OC(c1ccccc1)(c1ccccc1)C1CCN(CCCOc2ccc(-c3cncnc3)cc2)CC1. The summed E-state index contributed by atoms with van der Waals surface area (Å²) < 4.78 is 5.98. The summed E-state index contributed by atoms with van der Waals surface area (Å²) in [4.78, 5) is 10.6. The maximum absolute atomic E-state index is 12.1. The summed E-state index contributed by atoms with van der Waals surface area (Å²) in [7, 11) is 0. The van der Waals surface area contributed by atoms with Crippen LogP contribution in [-0.2, 0) is 5.60 Å². The van der Waals surface area contributed by atoms with Gasteiger partial charge in [0.25, 0.3) is 0 Å². The van der Waals surface area contributed by atoms with Crippen molar-refractivity contribution in [1.29, 1.82) is 0 Å². The lowest BCUT2D eigenvalue weighted by Crippen LogP contribution is -2.44. The molecule has 0 radical (unpaired) electrons. The van der Waals surface area contributed by atoms with E-state index in [2.05, 4.69) is 39.1 Å². The van der Waals surface area contributed by atoms with E-state index in [1.807, 2.05) is 73.1 Å². The van der Waals surface area contributed by atoms with E-state index in [1.165, 1.54) is 6.33 Å². The minimum Gasteiger partial charge on any atom is -0.494 e. The van der Waals surface area contributed by atoms with Crippen LogP contribution < -0.4 is 4.74 Å². The molecule has 5 heteroatoms. The van der Waals surface area contributed by atoms with E-state index >= 15 is 0 Å². The lowest BCUT2D eigenvalue weighted by Gasteiger charge is -2.42. The molecule has 0 spiro atoms. The van der Waals surface area contributed by atoms with Gasteiger partial charge in [0.15, 0.2) is 0 Å². The van der Waals surface area contributed by atoms with Crippen LogP contribution in [0.25, 0.3) is 11.1 Å². The van der Waals surface area contributed by atoms with Gasteiger partial charge >= 0.3 is 0 Å². The average Bonchev–Trinajstić information content (AvgIpc) is 2.97. The highest BCUT2D eigenvalue weighted by atomic mass is 16.5. The highest BCUT2D eigenvalue weighted by molar-refractivity contribution is 5.62. The van der Waals surface area contributed by atoms with Crippen LogP contribution in [0, 0.1) is 5.92 Å². The molecule has 1 saturated heterocycles. The number of aliphatic hydroxyl groups is 1. The van der Waals surface area contributed by atoms with E-state index in [9.17, 15) is 5.11 Å². The van der Waals surface area contributed by atoms with E-state index in [0.717, 1.165) is 66.9 Å². The Labute approximate surface area is 213 Å². The molecule has 2 heterocycles. The predicted molar refractivity (Wildman–Crippen MR) is 143 cm³/mol. The molecule has 0 saturated carbocycles. The van der Waals surface area contributed by atoms with Gasteiger partial charge in [0, 0.05) is 24.5 Å². The third-order valence-electron chi connectivity index (χ3n) is 7.24. The molecule has 184 valence electrons. The minimum atomic E-state index is -0.963. The molecule has 1 aromatic heterocycles. The van der Waals surface area contributed by atoms with Crippen LogP contribution in [0.3, 0.4) is 0 Å². The molecule has 5 rings (SSSR count). The van der Waals surface area contributed by atoms with Crippen LogP contribution in [-0.4, -0.2) is 46.2 Å². The van der Waals surface area contributed by atoms with Crippen molar-refractivity contribution in [2.75, 3.05) is 26.2 Å². The lowest BCUT2D eigenvalue weighted by molar-refractivity contribution is -0.0146. The summed E-state index contributed by atoms with van der Waals surface area (Å²) in [5.74, 6) is 1.06. The topological polar surface area (TPSA) is 58.5 Å². The maximum Gasteiger partial charge on any atom is 0.119 e. The van der Waals surface area contributed by atoms with Crippen LogP contribution in [0.15, 0.2) is 104 Å². The molecule has 0 bridgehead atoms. The second-order valence-corrected chi connectivity index (χ2v) is 9.47. The lowest BCUT2D eigenvalue weighted by atomic mass is 9.72. The Kier molecular flexibility index (Phi) is 7.70. The fourth-order valence-electron chi connectivity index (χ4n) is 5.27. The summed E-state index contributed by atoms with van der Waals surface area (Å²) >= 11 is 0. The first kappa shape index (κ1) is 24.2. The molecular weight excluding hydrogens is 446 g/mol. The summed E-state index contributed by atoms with van der Waals surface area (Å²) in [6.45, 7) is 3.66. The van der Waals surface area contributed by atoms with Gasteiger partial charge in [-0.15, -0.1) is 0 Å². The summed E-state index contributed by atoms with van der Waals surface area (Å²) in [6.07, 6.45) is 8.06. The standard InChI is InChI=1S/C31H33N3O2/c35-31(27-8-3-1-4-9-27,28-10-5-2-6-11-28)29-16-19-34(20-17-29)18-7-21-36-30-14-12-25(13-15-30)26-22-32-24-33-23-26/h1-6,8-15,22-24,29,35H,7,16-21H2. The summed E-state index contributed by atoms with van der Waals surface area (Å²) in [6, 6.07) is 28.4. The first-order chi connectivity index (χ1) is 17.7. The van der Waals surface area contributed by atoms with Gasteiger partial charge in [0.05, 0.1) is 6.61 Å². The molecule has 5 nitrogen and oxygen atoms in total. The molecular formula is C31H33N3O2. The number of nitrogens with zero attached hydrogens (tertiary/aromatic N) is 3. The molecule has 4 aromatic rings. The van der Waals surface area contributed by atoms with Gasteiger partial charge in [-0.05, 0) is 67.1 Å². The van der Waals surface area contributed by atoms with Crippen molar-refractivity contribution in [3.8, 4) is 16.9 Å². The molecule has 1 N–H and O–H groups in total. The number of hydrogen-bond donors (Lipinski definition) is 1. The van der Waals surface area contributed by atoms with E-state index in [4.69, 9.17) is 4.74 Å². The summed E-state index contributed by atoms with van der Waals surface area (Å²) in [5, 5.41) is 12.1. The molecule has 1 fully saturated rings. The minimum absolute atomic E-state index is 0.184. The largest absolute Gasteiger partial charge is 0.494 e. The van der Waals surface area contributed by atoms with Gasteiger partial charge in [-0.3, -0.25) is 0 Å². The van der Waals surface area contributed by atoms with Crippen molar-refractivity contribution >= 4 is 0 Å². The van der Waals surface area contributed by atoms with Crippen LogP contribution >= 0.6 is 0 Å². The van der Waals surface area contributed by atoms with Crippen LogP contribution in [0.2, 0.25) is 0 Å². The molecule has 0 amide bonds. The van der Waals surface area contributed by atoms with Crippen molar-refractivity contribution in [2.24, 2.45) is 5.92 Å². The average molecular weight is 480 g/mol. The van der Waals surface area contributed by atoms with Gasteiger partial charge < -0.3 is 14.7 Å². The van der Waals surface area contributed by atoms with Gasteiger partial charge in [-0.1, -0.05) is 72.8 Å². The highest BCUT2D eigenvalue weighted by Gasteiger charge is 2.41.